The van der Waals surface area contributed by atoms with Crippen LogP contribution >= 0.6 is 11.6 Å². The van der Waals surface area contributed by atoms with E-state index in [1.165, 1.54) is 0 Å². The maximum Gasteiger partial charge on any atom is 0.161 e. The number of nitrogens with one attached hydrogen (secondary N) is 1. The Balaban J connectivity index is 2.11. The molecule has 0 bridgehead atoms. The summed E-state index contributed by atoms with van der Waals surface area (Å²) < 4.78 is 7.20. The van der Waals surface area contributed by atoms with Crippen LogP contribution in [0.15, 0.2) is 6.20 Å². The molecular weight excluding hydrogens is 302 g/mol. The zero-order valence-corrected chi connectivity index (χ0v) is 13.2. The van der Waals surface area contributed by atoms with Gasteiger partial charge in [-0.05, 0) is 19.8 Å². The number of nitrogens with zero attached hydrogens (tertiary/aromatic N) is 4. The second kappa shape index (κ2) is 6.51. The van der Waals surface area contributed by atoms with E-state index in [1.807, 2.05) is 6.92 Å². The number of halogens is 1. The Morgan fingerprint density at radius 3 is 2.91 bits per heavy atom. The average molecular weight is 320 g/mol. The Bertz CT molecular complexity index is 715. The van der Waals surface area contributed by atoms with Crippen LogP contribution in [0.25, 0.3) is 11.0 Å². The first kappa shape index (κ1) is 15.1. The predicted octanol–water partition coefficient (Wildman–Crippen LogP) is 2.65. The van der Waals surface area contributed by atoms with E-state index in [9.17, 15) is 5.26 Å². The Kier molecular flexibility index (Phi) is 4.46. The molecule has 2 aromatic rings. The second-order valence-electron chi connectivity index (χ2n) is 5.29. The Labute approximate surface area is 134 Å². The molecule has 1 fully saturated rings. The van der Waals surface area contributed by atoms with Crippen molar-refractivity contribution in [2.45, 2.75) is 38.2 Å². The minimum Gasteiger partial charge on any atom is -0.381 e. The molecule has 3 rings (SSSR count). The highest BCUT2D eigenvalue weighted by Gasteiger charge is 2.21. The van der Waals surface area contributed by atoms with Crippen LogP contribution < -0.4 is 5.32 Å². The van der Waals surface area contributed by atoms with Crippen molar-refractivity contribution in [3.05, 3.63) is 17.5 Å². The van der Waals surface area contributed by atoms with Crippen molar-refractivity contribution in [2.75, 3.05) is 18.5 Å². The molecule has 0 radical (unpaired) electrons. The molecule has 1 aliphatic rings. The van der Waals surface area contributed by atoms with Crippen molar-refractivity contribution < 1.29 is 4.74 Å². The molecule has 0 aliphatic carbocycles. The Hall–Kier alpha value is -1.84. The van der Waals surface area contributed by atoms with E-state index in [2.05, 4.69) is 21.5 Å². The lowest BCUT2D eigenvalue weighted by molar-refractivity contribution is 0.0904. The zero-order valence-electron chi connectivity index (χ0n) is 12.5. The fraction of sp³-hybridized carbons (Fsp3) is 0.533. The van der Waals surface area contributed by atoms with E-state index < -0.39 is 0 Å². The number of alkyl halides is 1. The van der Waals surface area contributed by atoms with E-state index in [0.29, 0.717) is 18.3 Å². The summed E-state index contributed by atoms with van der Waals surface area (Å²) in [7, 11) is 0. The van der Waals surface area contributed by atoms with Crippen LogP contribution in [0, 0.1) is 11.3 Å². The van der Waals surface area contributed by atoms with Gasteiger partial charge < -0.3 is 10.1 Å². The van der Waals surface area contributed by atoms with E-state index in [0.717, 1.165) is 48.3 Å². The first-order valence-electron chi connectivity index (χ1n) is 7.47. The second-order valence-corrected chi connectivity index (χ2v) is 5.56. The van der Waals surface area contributed by atoms with Gasteiger partial charge in [-0.1, -0.05) is 0 Å². The summed E-state index contributed by atoms with van der Waals surface area (Å²) in [6.45, 7) is 4.21. The number of fused-ring (bicyclic) bond motifs is 1. The number of hydrogen-bond donors (Lipinski definition) is 1. The molecule has 6 nitrogen and oxygen atoms in total. The number of pyridine rings is 1. The third kappa shape index (κ3) is 2.62. The third-order valence-electron chi connectivity index (χ3n) is 4.00. The van der Waals surface area contributed by atoms with Gasteiger partial charge in [0.15, 0.2) is 5.65 Å². The van der Waals surface area contributed by atoms with Crippen molar-refractivity contribution in [1.82, 2.24) is 14.8 Å². The van der Waals surface area contributed by atoms with Gasteiger partial charge in [0.2, 0.25) is 0 Å². The average Bonchev–Trinajstić information content (AvgIpc) is 2.98. The normalized spacial score (nSPS) is 15.9. The molecular formula is C15H18ClN5O. The minimum atomic E-state index is 0.245. The minimum absolute atomic E-state index is 0.245. The smallest absolute Gasteiger partial charge is 0.161 e. The van der Waals surface area contributed by atoms with E-state index in [4.69, 9.17) is 16.3 Å². The number of anilines is 1. The molecule has 0 unspecified atom stereocenters. The number of ether oxygens (including phenoxy) is 1. The number of aromatic nitrogens is 3. The van der Waals surface area contributed by atoms with Gasteiger partial charge in [0.1, 0.15) is 11.8 Å². The molecule has 1 saturated heterocycles. The van der Waals surface area contributed by atoms with Gasteiger partial charge in [-0.25, -0.2) is 9.67 Å². The predicted molar refractivity (Wildman–Crippen MR) is 84.9 cm³/mol. The molecule has 1 aliphatic heterocycles. The highest BCUT2D eigenvalue weighted by Crippen LogP contribution is 2.31. The summed E-state index contributed by atoms with van der Waals surface area (Å²) in [4.78, 5) is 4.44. The summed E-state index contributed by atoms with van der Waals surface area (Å²) in [6.07, 6.45) is 3.68. The first-order chi connectivity index (χ1) is 10.8. The highest BCUT2D eigenvalue weighted by atomic mass is 35.5. The highest BCUT2D eigenvalue weighted by molar-refractivity contribution is 6.18. The van der Waals surface area contributed by atoms with E-state index in [1.54, 1.807) is 10.9 Å². The Morgan fingerprint density at radius 2 is 2.27 bits per heavy atom. The summed E-state index contributed by atoms with van der Waals surface area (Å²) in [5.41, 5.74) is 2.73. The molecule has 0 atom stereocenters. The topological polar surface area (TPSA) is 75.8 Å². The van der Waals surface area contributed by atoms with Crippen molar-refractivity contribution in [1.29, 1.82) is 5.26 Å². The van der Waals surface area contributed by atoms with Crippen LogP contribution in [0.3, 0.4) is 0 Å². The van der Waals surface area contributed by atoms with Crippen LogP contribution in [-0.2, 0) is 17.2 Å². The van der Waals surface area contributed by atoms with Crippen molar-refractivity contribution >= 4 is 28.3 Å². The maximum absolute atomic E-state index is 9.39. The molecule has 116 valence electrons. The number of nitriles is 1. The SMILES string of the molecule is CCn1ncc2c(NC3CCOCC3)c(CCl)c(C#N)nc21. The monoisotopic (exact) mass is 319 g/mol. The summed E-state index contributed by atoms with van der Waals surface area (Å²) in [5.74, 6) is 0.245. The largest absolute Gasteiger partial charge is 0.381 e. The lowest BCUT2D eigenvalue weighted by Crippen LogP contribution is -2.28. The van der Waals surface area contributed by atoms with Crippen molar-refractivity contribution in [3.63, 3.8) is 0 Å². The number of aryl methyl sites for hydroxylation is 1. The molecule has 0 spiro atoms. The lowest BCUT2D eigenvalue weighted by Gasteiger charge is -2.25. The molecule has 0 saturated carbocycles. The molecule has 0 aromatic carbocycles. The van der Waals surface area contributed by atoms with Gasteiger partial charge in [-0.3, -0.25) is 0 Å². The number of hydrogen-bond acceptors (Lipinski definition) is 5. The first-order valence-corrected chi connectivity index (χ1v) is 8.00. The molecule has 0 amide bonds. The van der Waals surface area contributed by atoms with Crippen LogP contribution in [0.5, 0.6) is 0 Å². The molecule has 1 N–H and O–H groups in total. The van der Waals surface area contributed by atoms with Crippen molar-refractivity contribution in [2.24, 2.45) is 0 Å². The van der Waals surface area contributed by atoms with Crippen LogP contribution in [0.4, 0.5) is 5.69 Å². The summed E-state index contributed by atoms with van der Waals surface area (Å²) in [6, 6.07) is 2.47. The van der Waals surface area contributed by atoms with Gasteiger partial charge in [-0.15, -0.1) is 11.6 Å². The van der Waals surface area contributed by atoms with E-state index in [-0.39, 0.29) is 5.88 Å². The van der Waals surface area contributed by atoms with Crippen LogP contribution in [0.2, 0.25) is 0 Å². The fourth-order valence-corrected chi connectivity index (χ4v) is 3.05. The van der Waals surface area contributed by atoms with E-state index >= 15 is 0 Å². The zero-order chi connectivity index (χ0) is 15.5. The van der Waals surface area contributed by atoms with Crippen LogP contribution in [-0.4, -0.2) is 34.0 Å². The summed E-state index contributed by atoms with van der Waals surface area (Å²) >= 11 is 6.09. The molecule has 2 aromatic heterocycles. The lowest BCUT2D eigenvalue weighted by atomic mass is 10.1. The maximum atomic E-state index is 9.39. The Morgan fingerprint density at radius 1 is 1.50 bits per heavy atom. The fourth-order valence-electron chi connectivity index (χ4n) is 2.79. The molecule has 7 heteroatoms. The van der Waals surface area contributed by atoms with Gasteiger partial charge >= 0.3 is 0 Å². The molecule has 3 heterocycles. The van der Waals surface area contributed by atoms with Gasteiger partial charge in [-0.2, -0.15) is 10.4 Å². The number of rotatable bonds is 4. The third-order valence-corrected chi connectivity index (χ3v) is 4.26. The van der Waals surface area contributed by atoms with Crippen molar-refractivity contribution in [3.8, 4) is 6.07 Å². The van der Waals surface area contributed by atoms with Gasteiger partial charge in [0.25, 0.3) is 0 Å². The summed E-state index contributed by atoms with van der Waals surface area (Å²) in [5, 5.41) is 18.2. The van der Waals surface area contributed by atoms with Gasteiger partial charge in [0, 0.05) is 31.4 Å². The quantitative estimate of drug-likeness (QED) is 0.877. The van der Waals surface area contributed by atoms with Crippen LogP contribution in [0.1, 0.15) is 31.0 Å². The standard InChI is InChI=1S/C15H18ClN5O/c1-2-21-15-12(9-18-21)14(11(7-16)13(8-17)20-15)19-10-3-5-22-6-4-10/h9-10H,2-7H2,1H3,(H,19,20). The molecule has 22 heavy (non-hydrogen) atoms. The van der Waals surface area contributed by atoms with Gasteiger partial charge in [0.05, 0.1) is 23.2 Å².